The highest BCUT2D eigenvalue weighted by atomic mass is 35.5. The molecule has 1 N–H and O–H groups in total. The summed E-state index contributed by atoms with van der Waals surface area (Å²) >= 11 is 5.83. The van der Waals surface area contributed by atoms with Crippen molar-refractivity contribution in [3.63, 3.8) is 0 Å². The van der Waals surface area contributed by atoms with Crippen molar-refractivity contribution in [3.8, 4) is 0 Å². The van der Waals surface area contributed by atoms with Crippen LogP contribution < -0.4 is 5.32 Å². The van der Waals surface area contributed by atoms with Crippen molar-refractivity contribution in [1.29, 1.82) is 0 Å². The van der Waals surface area contributed by atoms with E-state index in [4.69, 9.17) is 21.1 Å². The van der Waals surface area contributed by atoms with Gasteiger partial charge in [-0.2, -0.15) is 0 Å². The highest BCUT2D eigenvalue weighted by Gasteiger charge is 2.17. The molecule has 5 nitrogen and oxygen atoms in total. The van der Waals surface area contributed by atoms with E-state index in [2.05, 4.69) is 5.32 Å². The number of esters is 1. The number of amides is 1. The SMILES string of the molecule is CC(OC(=O)NC[C@H](C)c1ccc(Cl)cc1)OC(=O)C(C)C. The fourth-order valence-corrected chi connectivity index (χ4v) is 1.79. The Morgan fingerprint density at radius 1 is 1.09 bits per heavy atom. The summed E-state index contributed by atoms with van der Waals surface area (Å²) in [5.41, 5.74) is 1.06. The van der Waals surface area contributed by atoms with E-state index in [-0.39, 0.29) is 11.8 Å². The van der Waals surface area contributed by atoms with Gasteiger partial charge in [0.15, 0.2) is 0 Å². The average Bonchev–Trinajstić information content (AvgIpc) is 2.45. The van der Waals surface area contributed by atoms with Gasteiger partial charge >= 0.3 is 12.1 Å². The van der Waals surface area contributed by atoms with Gasteiger partial charge in [-0.25, -0.2) is 4.79 Å². The predicted molar refractivity (Wildman–Crippen MR) is 84.7 cm³/mol. The second kappa shape index (κ2) is 8.63. The number of rotatable bonds is 6. The second-order valence-corrected chi connectivity index (χ2v) is 5.83. The minimum atomic E-state index is -0.916. The van der Waals surface area contributed by atoms with Crippen LogP contribution in [0.2, 0.25) is 5.02 Å². The zero-order valence-corrected chi connectivity index (χ0v) is 14.0. The smallest absolute Gasteiger partial charge is 0.410 e. The molecule has 0 aliphatic carbocycles. The molecule has 1 aromatic carbocycles. The Labute approximate surface area is 135 Å². The zero-order valence-electron chi connectivity index (χ0n) is 13.3. The molecule has 122 valence electrons. The van der Waals surface area contributed by atoms with Crippen LogP contribution in [0.15, 0.2) is 24.3 Å². The molecule has 0 saturated heterocycles. The fraction of sp³-hybridized carbons (Fsp3) is 0.500. The molecule has 0 spiro atoms. The zero-order chi connectivity index (χ0) is 16.7. The molecule has 0 fully saturated rings. The number of carbonyl (C=O) groups is 2. The van der Waals surface area contributed by atoms with Crippen LogP contribution in [0.1, 0.15) is 39.2 Å². The van der Waals surface area contributed by atoms with Crippen molar-refractivity contribution in [2.75, 3.05) is 6.54 Å². The first-order chi connectivity index (χ1) is 10.3. The van der Waals surface area contributed by atoms with Gasteiger partial charge in [-0.3, -0.25) is 4.79 Å². The van der Waals surface area contributed by atoms with E-state index in [9.17, 15) is 9.59 Å². The number of carbonyl (C=O) groups excluding carboxylic acids is 2. The van der Waals surface area contributed by atoms with Gasteiger partial charge in [0.2, 0.25) is 6.29 Å². The lowest BCUT2D eigenvalue weighted by Gasteiger charge is -2.17. The largest absolute Gasteiger partial charge is 0.425 e. The summed E-state index contributed by atoms with van der Waals surface area (Å²) in [5, 5.41) is 3.31. The van der Waals surface area contributed by atoms with Gasteiger partial charge in [-0.1, -0.05) is 44.5 Å². The van der Waals surface area contributed by atoms with Crippen LogP contribution in [0.4, 0.5) is 4.79 Å². The third kappa shape index (κ3) is 6.35. The third-order valence-corrected chi connectivity index (χ3v) is 3.27. The molecule has 0 saturated carbocycles. The predicted octanol–water partition coefficient (Wildman–Crippen LogP) is 3.71. The quantitative estimate of drug-likeness (QED) is 0.639. The van der Waals surface area contributed by atoms with E-state index in [1.165, 1.54) is 6.92 Å². The monoisotopic (exact) mass is 327 g/mol. The van der Waals surface area contributed by atoms with Gasteiger partial charge in [0, 0.05) is 18.5 Å². The molecule has 6 heteroatoms. The Morgan fingerprint density at radius 2 is 1.68 bits per heavy atom. The van der Waals surface area contributed by atoms with Gasteiger partial charge in [-0.05, 0) is 23.6 Å². The van der Waals surface area contributed by atoms with Crippen molar-refractivity contribution < 1.29 is 19.1 Å². The highest BCUT2D eigenvalue weighted by molar-refractivity contribution is 6.30. The normalized spacial score (nSPS) is 13.4. The molecule has 0 aliphatic rings. The maximum Gasteiger partial charge on any atom is 0.410 e. The molecular formula is C16H22ClNO4. The number of hydrogen-bond acceptors (Lipinski definition) is 4. The average molecular weight is 328 g/mol. The molecule has 1 amide bonds. The summed E-state index contributed by atoms with van der Waals surface area (Å²) in [6.07, 6.45) is -1.54. The maximum atomic E-state index is 11.6. The topological polar surface area (TPSA) is 64.6 Å². The summed E-state index contributed by atoms with van der Waals surface area (Å²) in [5.74, 6) is -0.563. The van der Waals surface area contributed by atoms with Crippen LogP contribution in [0.25, 0.3) is 0 Å². The fourth-order valence-electron chi connectivity index (χ4n) is 1.66. The Kier molecular flexibility index (Phi) is 7.18. The van der Waals surface area contributed by atoms with Crippen molar-refractivity contribution in [1.82, 2.24) is 5.32 Å². The van der Waals surface area contributed by atoms with Crippen LogP contribution in [0.5, 0.6) is 0 Å². The van der Waals surface area contributed by atoms with Crippen molar-refractivity contribution in [2.45, 2.75) is 39.9 Å². The standard InChI is InChI=1S/C16H22ClNO4/c1-10(2)15(19)21-12(4)22-16(20)18-9-11(3)13-5-7-14(17)8-6-13/h5-8,10-12H,9H2,1-4H3,(H,18,20)/t11-,12?/m0/s1. The summed E-state index contributed by atoms with van der Waals surface area (Å²) in [6.45, 7) is 7.31. The molecule has 1 aromatic rings. The molecule has 2 atom stereocenters. The second-order valence-electron chi connectivity index (χ2n) is 5.40. The first-order valence-corrected chi connectivity index (χ1v) is 7.57. The van der Waals surface area contributed by atoms with E-state index < -0.39 is 18.4 Å². The molecule has 1 rings (SSSR count). The van der Waals surface area contributed by atoms with E-state index in [0.29, 0.717) is 11.6 Å². The first-order valence-electron chi connectivity index (χ1n) is 7.20. The Bertz CT molecular complexity index is 501. The molecule has 0 aromatic heterocycles. The molecule has 0 heterocycles. The van der Waals surface area contributed by atoms with E-state index >= 15 is 0 Å². The minimum Gasteiger partial charge on any atom is -0.425 e. The van der Waals surface area contributed by atoms with Gasteiger partial charge in [0.25, 0.3) is 0 Å². The van der Waals surface area contributed by atoms with Crippen LogP contribution in [-0.4, -0.2) is 24.9 Å². The van der Waals surface area contributed by atoms with Crippen molar-refractivity contribution in [3.05, 3.63) is 34.9 Å². The molecule has 1 unspecified atom stereocenters. The summed E-state index contributed by atoms with van der Waals surface area (Å²) in [6, 6.07) is 7.43. The van der Waals surface area contributed by atoms with Crippen LogP contribution in [0.3, 0.4) is 0 Å². The molecule has 0 bridgehead atoms. The summed E-state index contributed by atoms with van der Waals surface area (Å²) < 4.78 is 9.91. The van der Waals surface area contributed by atoms with Gasteiger partial charge < -0.3 is 14.8 Å². The number of benzene rings is 1. The third-order valence-electron chi connectivity index (χ3n) is 3.02. The highest BCUT2D eigenvalue weighted by Crippen LogP contribution is 2.17. The van der Waals surface area contributed by atoms with Gasteiger partial charge in [-0.15, -0.1) is 0 Å². The molecule has 0 radical (unpaired) electrons. The molecule has 22 heavy (non-hydrogen) atoms. The summed E-state index contributed by atoms with van der Waals surface area (Å²) in [7, 11) is 0. The van der Waals surface area contributed by atoms with Crippen molar-refractivity contribution >= 4 is 23.7 Å². The molecular weight excluding hydrogens is 306 g/mol. The number of alkyl carbamates (subject to hydrolysis) is 1. The minimum absolute atomic E-state index is 0.110. The number of nitrogens with one attached hydrogen (secondary N) is 1. The van der Waals surface area contributed by atoms with Crippen LogP contribution in [-0.2, 0) is 14.3 Å². The van der Waals surface area contributed by atoms with E-state index in [0.717, 1.165) is 5.56 Å². The molecule has 0 aliphatic heterocycles. The number of hydrogen-bond donors (Lipinski definition) is 1. The maximum absolute atomic E-state index is 11.6. The lowest BCUT2D eigenvalue weighted by molar-refractivity contribution is -0.168. The van der Waals surface area contributed by atoms with E-state index in [1.54, 1.807) is 26.0 Å². The van der Waals surface area contributed by atoms with Crippen LogP contribution >= 0.6 is 11.6 Å². The Hall–Kier alpha value is -1.75. The van der Waals surface area contributed by atoms with Gasteiger partial charge in [0.05, 0.1) is 5.92 Å². The Morgan fingerprint density at radius 3 is 2.23 bits per heavy atom. The summed E-state index contributed by atoms with van der Waals surface area (Å²) in [4.78, 5) is 23.0. The van der Waals surface area contributed by atoms with Crippen LogP contribution in [0, 0.1) is 5.92 Å². The lowest BCUT2D eigenvalue weighted by Crippen LogP contribution is -2.33. The Balaban J connectivity index is 2.36. The van der Waals surface area contributed by atoms with E-state index in [1.807, 2.05) is 19.1 Å². The number of halogens is 1. The van der Waals surface area contributed by atoms with Gasteiger partial charge in [0.1, 0.15) is 0 Å². The number of ether oxygens (including phenoxy) is 2. The lowest BCUT2D eigenvalue weighted by atomic mass is 10.0. The first kappa shape index (κ1) is 18.3. The van der Waals surface area contributed by atoms with Crippen molar-refractivity contribution in [2.24, 2.45) is 5.92 Å².